The van der Waals surface area contributed by atoms with E-state index in [0.29, 0.717) is 23.2 Å². The summed E-state index contributed by atoms with van der Waals surface area (Å²) in [5, 5.41) is 1.92. The highest BCUT2D eigenvalue weighted by atomic mass is 79.9. The van der Waals surface area contributed by atoms with Crippen LogP contribution in [0.15, 0.2) is 27.6 Å². The van der Waals surface area contributed by atoms with Crippen molar-refractivity contribution in [3.8, 4) is 17.2 Å². The number of halogens is 1. The lowest BCUT2D eigenvalue weighted by Crippen LogP contribution is -2.42. The van der Waals surface area contributed by atoms with Gasteiger partial charge in [-0.15, -0.1) is 0 Å². The van der Waals surface area contributed by atoms with E-state index in [1.807, 2.05) is 18.2 Å². The standard InChI is InChI=1S/C30H36BrNO5S/c1-17(2)8-7-13-35-26-18(3)19(4)27-22(20(26)5)11-12-30(6,37-27)16-36-24-10-9-21(14-23(24)31)15-25-28(33)32-29(34)38-25/h9-10,14-15,17H,7-8,11-13,16H2,1-6H3,(H,32,33,34). The lowest BCUT2D eigenvalue weighted by molar-refractivity contribution is -0.115. The first-order valence-corrected chi connectivity index (χ1v) is 14.7. The Bertz CT molecular complexity index is 1290. The summed E-state index contributed by atoms with van der Waals surface area (Å²) in [6, 6.07) is 5.60. The summed E-state index contributed by atoms with van der Waals surface area (Å²) >= 11 is 4.48. The Morgan fingerprint density at radius 1 is 1.16 bits per heavy atom. The number of carbonyl (C=O) groups is 2. The minimum Gasteiger partial charge on any atom is -0.493 e. The van der Waals surface area contributed by atoms with Gasteiger partial charge in [0.15, 0.2) is 0 Å². The van der Waals surface area contributed by atoms with Gasteiger partial charge in [-0.25, -0.2) is 0 Å². The van der Waals surface area contributed by atoms with E-state index >= 15 is 0 Å². The molecule has 1 saturated heterocycles. The molecule has 204 valence electrons. The summed E-state index contributed by atoms with van der Waals surface area (Å²) < 4.78 is 19.9. The molecule has 1 unspecified atom stereocenters. The van der Waals surface area contributed by atoms with Gasteiger partial charge >= 0.3 is 0 Å². The number of amides is 2. The van der Waals surface area contributed by atoms with Gasteiger partial charge in [0.25, 0.3) is 11.1 Å². The van der Waals surface area contributed by atoms with Crippen LogP contribution in [0.5, 0.6) is 17.2 Å². The number of hydrogen-bond donors (Lipinski definition) is 1. The fourth-order valence-corrected chi connectivity index (χ4v) is 5.99. The third-order valence-corrected chi connectivity index (χ3v) is 8.59. The third kappa shape index (κ3) is 6.40. The first kappa shape index (κ1) is 28.6. The van der Waals surface area contributed by atoms with E-state index in [0.717, 1.165) is 76.7 Å². The van der Waals surface area contributed by atoms with Gasteiger partial charge in [-0.2, -0.15) is 0 Å². The Labute approximate surface area is 238 Å². The molecular weight excluding hydrogens is 566 g/mol. The second-order valence-electron chi connectivity index (χ2n) is 10.8. The number of carbonyl (C=O) groups excluding carboxylic acids is 2. The van der Waals surface area contributed by atoms with Gasteiger partial charge in [-0.3, -0.25) is 14.9 Å². The Morgan fingerprint density at radius 2 is 1.92 bits per heavy atom. The summed E-state index contributed by atoms with van der Waals surface area (Å²) in [7, 11) is 0. The van der Waals surface area contributed by atoms with Crippen LogP contribution in [0.1, 0.15) is 67.9 Å². The number of fused-ring (bicyclic) bond motifs is 1. The van der Waals surface area contributed by atoms with Gasteiger partial charge in [-0.1, -0.05) is 19.9 Å². The summed E-state index contributed by atoms with van der Waals surface area (Å²) in [6.07, 6.45) is 5.64. The third-order valence-electron chi connectivity index (χ3n) is 7.16. The lowest BCUT2D eigenvalue weighted by atomic mass is 9.87. The van der Waals surface area contributed by atoms with E-state index in [-0.39, 0.29) is 11.1 Å². The fraction of sp³-hybridized carbons (Fsp3) is 0.467. The van der Waals surface area contributed by atoms with Crippen molar-refractivity contribution >= 4 is 44.9 Å². The molecule has 0 radical (unpaired) electrons. The zero-order chi connectivity index (χ0) is 27.6. The predicted octanol–water partition coefficient (Wildman–Crippen LogP) is 7.68. The van der Waals surface area contributed by atoms with Gasteiger partial charge in [0.05, 0.1) is 16.0 Å². The molecule has 4 rings (SSSR count). The molecule has 0 bridgehead atoms. The summed E-state index contributed by atoms with van der Waals surface area (Å²) in [4.78, 5) is 23.6. The molecule has 2 aliphatic rings. The van der Waals surface area contributed by atoms with Gasteiger partial charge in [-0.05, 0) is 127 Å². The highest BCUT2D eigenvalue weighted by molar-refractivity contribution is 9.10. The molecule has 1 fully saturated rings. The Morgan fingerprint density at radius 3 is 2.58 bits per heavy atom. The minimum absolute atomic E-state index is 0.353. The quantitative estimate of drug-likeness (QED) is 0.235. The second-order valence-corrected chi connectivity index (χ2v) is 12.6. The van der Waals surface area contributed by atoms with Crippen LogP contribution in [0.4, 0.5) is 4.79 Å². The van der Waals surface area contributed by atoms with Crippen molar-refractivity contribution < 1.29 is 23.8 Å². The van der Waals surface area contributed by atoms with E-state index < -0.39 is 5.60 Å². The number of nitrogens with one attached hydrogen (secondary N) is 1. The average molecular weight is 603 g/mol. The molecule has 8 heteroatoms. The van der Waals surface area contributed by atoms with Crippen LogP contribution >= 0.6 is 27.7 Å². The van der Waals surface area contributed by atoms with E-state index in [4.69, 9.17) is 14.2 Å². The van der Waals surface area contributed by atoms with Gasteiger partial charge in [0, 0.05) is 5.56 Å². The number of thioether (sulfide) groups is 1. The Hall–Kier alpha value is -2.45. The van der Waals surface area contributed by atoms with E-state index in [1.54, 1.807) is 6.08 Å². The molecule has 6 nitrogen and oxygen atoms in total. The highest BCUT2D eigenvalue weighted by Gasteiger charge is 2.36. The minimum atomic E-state index is -0.477. The molecule has 0 saturated carbocycles. The van der Waals surface area contributed by atoms with E-state index in [9.17, 15) is 9.59 Å². The van der Waals surface area contributed by atoms with Crippen molar-refractivity contribution in [2.75, 3.05) is 13.2 Å². The van der Waals surface area contributed by atoms with Gasteiger partial charge in [0.2, 0.25) is 0 Å². The zero-order valence-electron chi connectivity index (χ0n) is 23.0. The predicted molar refractivity (Wildman–Crippen MR) is 156 cm³/mol. The van der Waals surface area contributed by atoms with Crippen LogP contribution in [0.25, 0.3) is 6.08 Å². The van der Waals surface area contributed by atoms with E-state index in [2.05, 4.69) is 62.8 Å². The SMILES string of the molecule is Cc1c(C)c2c(c(C)c1OCCCC(C)C)CCC(C)(COc1ccc(C=C3SC(=O)NC3=O)cc1Br)O2. The van der Waals surface area contributed by atoms with Gasteiger partial charge < -0.3 is 14.2 Å². The molecule has 2 heterocycles. The van der Waals surface area contributed by atoms with Crippen molar-refractivity contribution in [1.82, 2.24) is 5.32 Å². The zero-order valence-corrected chi connectivity index (χ0v) is 25.4. The van der Waals surface area contributed by atoms with Crippen LogP contribution in [0, 0.1) is 26.7 Å². The maximum atomic E-state index is 11.8. The van der Waals surface area contributed by atoms with E-state index in [1.165, 1.54) is 11.1 Å². The Kier molecular flexibility index (Phi) is 8.82. The number of benzene rings is 2. The lowest BCUT2D eigenvalue weighted by Gasteiger charge is -2.38. The number of imide groups is 1. The molecule has 0 aromatic heterocycles. The molecule has 38 heavy (non-hydrogen) atoms. The molecular formula is C30H36BrNO5S. The van der Waals surface area contributed by atoms with Crippen LogP contribution < -0.4 is 19.5 Å². The maximum absolute atomic E-state index is 11.8. The smallest absolute Gasteiger partial charge is 0.290 e. The average Bonchev–Trinajstić information content (AvgIpc) is 3.17. The van der Waals surface area contributed by atoms with Crippen LogP contribution in [-0.4, -0.2) is 30.0 Å². The molecule has 2 amide bonds. The van der Waals surface area contributed by atoms with Crippen molar-refractivity contribution in [2.24, 2.45) is 5.92 Å². The number of hydrogen-bond acceptors (Lipinski definition) is 6. The largest absolute Gasteiger partial charge is 0.493 e. The number of ether oxygens (including phenoxy) is 3. The van der Waals surface area contributed by atoms with Crippen LogP contribution in [0.2, 0.25) is 0 Å². The molecule has 2 aromatic carbocycles. The first-order valence-electron chi connectivity index (χ1n) is 13.1. The van der Waals surface area contributed by atoms with Crippen molar-refractivity contribution in [1.29, 1.82) is 0 Å². The highest BCUT2D eigenvalue weighted by Crippen LogP contribution is 2.44. The monoisotopic (exact) mass is 601 g/mol. The summed E-state index contributed by atoms with van der Waals surface area (Å²) in [5.41, 5.74) is 5.00. The van der Waals surface area contributed by atoms with Crippen molar-refractivity contribution in [2.45, 2.75) is 72.8 Å². The molecule has 2 aromatic rings. The maximum Gasteiger partial charge on any atom is 0.290 e. The van der Waals surface area contributed by atoms with Gasteiger partial charge in [0.1, 0.15) is 29.5 Å². The molecule has 0 spiro atoms. The number of rotatable bonds is 9. The van der Waals surface area contributed by atoms with Crippen molar-refractivity contribution in [3.63, 3.8) is 0 Å². The fourth-order valence-electron chi connectivity index (χ4n) is 4.79. The summed E-state index contributed by atoms with van der Waals surface area (Å²) in [5.74, 6) is 2.96. The normalized spacial score (nSPS) is 19.9. The molecule has 0 aliphatic carbocycles. The first-order chi connectivity index (χ1) is 18.0. The van der Waals surface area contributed by atoms with Crippen LogP contribution in [-0.2, 0) is 11.2 Å². The summed E-state index contributed by atoms with van der Waals surface area (Å²) in [6.45, 7) is 14.1. The topological polar surface area (TPSA) is 73.9 Å². The van der Waals surface area contributed by atoms with Crippen molar-refractivity contribution in [3.05, 3.63) is 55.4 Å². The van der Waals surface area contributed by atoms with Crippen LogP contribution in [0.3, 0.4) is 0 Å². The molecule has 1 atom stereocenters. The molecule has 2 aliphatic heterocycles. The second kappa shape index (κ2) is 11.7. The Balaban J connectivity index is 1.44. The molecule has 1 N–H and O–H groups in total.